The van der Waals surface area contributed by atoms with E-state index in [1.165, 1.54) is 19.1 Å². The molecule has 27 heavy (non-hydrogen) atoms. The maximum atomic E-state index is 13.0. The highest BCUT2D eigenvalue weighted by Gasteiger charge is 2.35. The van der Waals surface area contributed by atoms with E-state index in [0.29, 0.717) is 5.56 Å². The minimum atomic E-state index is -4.62. The van der Waals surface area contributed by atoms with Crippen LogP contribution in [-0.4, -0.2) is 29.6 Å². The molecule has 0 aliphatic heterocycles. The smallest absolute Gasteiger partial charge is 0.419 e. The van der Waals surface area contributed by atoms with Crippen LogP contribution < -0.4 is 10.1 Å². The summed E-state index contributed by atoms with van der Waals surface area (Å²) >= 11 is 0. The fourth-order valence-electron chi connectivity index (χ4n) is 2.43. The molecule has 1 amide bonds. The van der Waals surface area contributed by atoms with Gasteiger partial charge in [-0.15, -0.1) is 0 Å². The zero-order chi connectivity index (χ0) is 20.0. The highest BCUT2D eigenvalue weighted by molar-refractivity contribution is 5.82. The van der Waals surface area contributed by atoms with Crippen molar-refractivity contribution < 1.29 is 32.6 Å². The van der Waals surface area contributed by atoms with E-state index in [1.807, 2.05) is 0 Å². The predicted octanol–water partition coefficient (Wildman–Crippen LogP) is 3.46. The van der Waals surface area contributed by atoms with Gasteiger partial charge in [0, 0.05) is 6.54 Å². The molecule has 144 valence electrons. The number of para-hydroxylation sites is 1. The number of halogens is 3. The monoisotopic (exact) mass is 381 g/mol. The molecule has 2 N–H and O–H groups in total. The van der Waals surface area contributed by atoms with Gasteiger partial charge >= 0.3 is 12.1 Å². The van der Waals surface area contributed by atoms with Crippen LogP contribution in [0.25, 0.3) is 0 Å². The molecule has 0 heterocycles. The second-order valence-electron chi connectivity index (χ2n) is 5.80. The Labute approximate surface area is 153 Å². The zero-order valence-corrected chi connectivity index (χ0v) is 14.4. The number of carboxylic acid groups (broad SMARTS) is 1. The maximum absolute atomic E-state index is 13.0. The van der Waals surface area contributed by atoms with Gasteiger partial charge in [-0.2, -0.15) is 13.2 Å². The summed E-state index contributed by atoms with van der Waals surface area (Å²) in [6, 6.07) is 12.9. The molecule has 0 bridgehead atoms. The molecular weight excluding hydrogens is 363 g/mol. The van der Waals surface area contributed by atoms with E-state index in [9.17, 15) is 27.9 Å². The van der Waals surface area contributed by atoms with Gasteiger partial charge in [0.15, 0.2) is 6.10 Å². The molecule has 2 rings (SSSR count). The molecule has 2 aromatic rings. The number of benzene rings is 2. The van der Waals surface area contributed by atoms with E-state index in [2.05, 4.69) is 5.32 Å². The van der Waals surface area contributed by atoms with Crippen LogP contribution in [0.3, 0.4) is 0 Å². The number of aliphatic carboxylic acids is 1. The molecule has 0 fully saturated rings. The summed E-state index contributed by atoms with van der Waals surface area (Å²) in [4.78, 5) is 23.6. The highest BCUT2D eigenvalue weighted by atomic mass is 19.4. The normalized spacial score (nSPS) is 13.5. The Morgan fingerprint density at radius 1 is 1.07 bits per heavy atom. The summed E-state index contributed by atoms with van der Waals surface area (Å²) in [7, 11) is 0. The molecule has 2 atom stereocenters. The van der Waals surface area contributed by atoms with Crippen LogP contribution in [-0.2, 0) is 15.8 Å². The Balaban J connectivity index is 2.03. The van der Waals surface area contributed by atoms with Crippen LogP contribution in [0.2, 0.25) is 0 Å². The van der Waals surface area contributed by atoms with Crippen molar-refractivity contribution in [2.24, 2.45) is 0 Å². The molecule has 2 unspecified atom stereocenters. The fraction of sp³-hybridized carbons (Fsp3) is 0.263. The molecule has 0 aromatic heterocycles. The van der Waals surface area contributed by atoms with E-state index in [0.717, 1.165) is 12.1 Å². The number of hydrogen-bond acceptors (Lipinski definition) is 3. The van der Waals surface area contributed by atoms with Gasteiger partial charge in [-0.25, -0.2) is 0 Å². The minimum absolute atomic E-state index is 0.215. The topological polar surface area (TPSA) is 75.6 Å². The number of ether oxygens (including phenoxy) is 1. The van der Waals surface area contributed by atoms with Gasteiger partial charge in [0.25, 0.3) is 5.91 Å². The first-order valence-electron chi connectivity index (χ1n) is 8.08. The van der Waals surface area contributed by atoms with Crippen molar-refractivity contribution in [1.29, 1.82) is 0 Å². The molecule has 0 radical (unpaired) electrons. The summed E-state index contributed by atoms with van der Waals surface area (Å²) in [6.07, 6.45) is -5.85. The first-order valence-corrected chi connectivity index (χ1v) is 8.08. The van der Waals surface area contributed by atoms with Crippen molar-refractivity contribution in [3.05, 3.63) is 65.7 Å². The lowest BCUT2D eigenvalue weighted by Gasteiger charge is -2.19. The standard InChI is InChI=1S/C19H18F3NO4/c1-12(27-16-10-6-5-9-15(16)19(20,21)22)17(24)23-11-14(18(25)26)13-7-3-2-4-8-13/h2-10,12,14H,11H2,1H3,(H,23,24)(H,25,26). The zero-order valence-electron chi connectivity index (χ0n) is 14.4. The van der Waals surface area contributed by atoms with Gasteiger partial charge in [-0.05, 0) is 24.6 Å². The summed E-state index contributed by atoms with van der Waals surface area (Å²) in [6.45, 7) is 1.08. The van der Waals surface area contributed by atoms with E-state index in [-0.39, 0.29) is 6.54 Å². The van der Waals surface area contributed by atoms with E-state index in [1.54, 1.807) is 30.3 Å². The molecule has 2 aromatic carbocycles. The molecule has 0 saturated heterocycles. The van der Waals surface area contributed by atoms with Crippen molar-refractivity contribution in [2.75, 3.05) is 6.54 Å². The van der Waals surface area contributed by atoms with Crippen molar-refractivity contribution in [3.63, 3.8) is 0 Å². The first-order chi connectivity index (χ1) is 12.7. The largest absolute Gasteiger partial charge is 0.481 e. The Morgan fingerprint density at radius 2 is 1.67 bits per heavy atom. The molecule has 0 aliphatic rings. The third-order valence-electron chi connectivity index (χ3n) is 3.85. The Morgan fingerprint density at radius 3 is 2.26 bits per heavy atom. The number of rotatable bonds is 7. The average molecular weight is 381 g/mol. The second-order valence-corrected chi connectivity index (χ2v) is 5.80. The number of amides is 1. The predicted molar refractivity (Wildman–Crippen MR) is 91.4 cm³/mol. The molecule has 0 saturated carbocycles. The summed E-state index contributed by atoms with van der Waals surface area (Å²) in [5.41, 5.74) is -0.487. The van der Waals surface area contributed by atoms with Crippen LogP contribution in [0, 0.1) is 0 Å². The Bertz CT molecular complexity index is 793. The fourth-order valence-corrected chi connectivity index (χ4v) is 2.43. The first kappa shape index (κ1) is 20.3. The maximum Gasteiger partial charge on any atom is 0.419 e. The van der Waals surface area contributed by atoms with Gasteiger partial charge in [0.1, 0.15) is 5.75 Å². The summed E-state index contributed by atoms with van der Waals surface area (Å²) in [5.74, 6) is -3.29. The molecule has 0 spiro atoms. The number of carbonyl (C=O) groups excluding carboxylic acids is 1. The van der Waals surface area contributed by atoms with E-state index in [4.69, 9.17) is 4.74 Å². The van der Waals surface area contributed by atoms with Crippen LogP contribution in [0.4, 0.5) is 13.2 Å². The Kier molecular flexibility index (Phi) is 6.44. The lowest BCUT2D eigenvalue weighted by atomic mass is 9.99. The molecule has 8 heteroatoms. The molecule has 0 aliphatic carbocycles. The van der Waals surface area contributed by atoms with Crippen LogP contribution in [0.15, 0.2) is 54.6 Å². The van der Waals surface area contributed by atoms with Crippen LogP contribution in [0.1, 0.15) is 24.0 Å². The minimum Gasteiger partial charge on any atom is -0.481 e. The number of hydrogen-bond donors (Lipinski definition) is 2. The third kappa shape index (κ3) is 5.47. The number of carboxylic acids is 1. The van der Waals surface area contributed by atoms with Gasteiger partial charge in [-0.3, -0.25) is 9.59 Å². The molecular formula is C19H18F3NO4. The van der Waals surface area contributed by atoms with Gasteiger partial charge in [-0.1, -0.05) is 42.5 Å². The van der Waals surface area contributed by atoms with E-state index >= 15 is 0 Å². The summed E-state index contributed by atoms with van der Waals surface area (Å²) < 4.78 is 44.1. The van der Waals surface area contributed by atoms with E-state index < -0.39 is 41.4 Å². The lowest BCUT2D eigenvalue weighted by molar-refractivity contribution is -0.141. The second kappa shape index (κ2) is 8.57. The van der Waals surface area contributed by atoms with Crippen molar-refractivity contribution in [3.8, 4) is 5.75 Å². The highest BCUT2D eigenvalue weighted by Crippen LogP contribution is 2.36. The average Bonchev–Trinajstić information content (AvgIpc) is 2.62. The van der Waals surface area contributed by atoms with Crippen molar-refractivity contribution >= 4 is 11.9 Å². The van der Waals surface area contributed by atoms with Crippen molar-refractivity contribution in [1.82, 2.24) is 5.32 Å². The van der Waals surface area contributed by atoms with Crippen LogP contribution in [0.5, 0.6) is 5.75 Å². The Hall–Kier alpha value is -3.03. The number of nitrogens with one attached hydrogen (secondary N) is 1. The van der Waals surface area contributed by atoms with Crippen LogP contribution >= 0.6 is 0 Å². The third-order valence-corrected chi connectivity index (χ3v) is 3.85. The van der Waals surface area contributed by atoms with Gasteiger partial charge in [0.05, 0.1) is 11.5 Å². The van der Waals surface area contributed by atoms with Crippen molar-refractivity contribution in [2.45, 2.75) is 25.1 Å². The SMILES string of the molecule is CC(Oc1ccccc1C(F)(F)F)C(=O)NCC(C(=O)O)c1ccccc1. The number of alkyl halides is 3. The molecule has 5 nitrogen and oxygen atoms in total. The quantitative estimate of drug-likeness (QED) is 0.770. The van der Waals surface area contributed by atoms with Gasteiger partial charge in [0.2, 0.25) is 0 Å². The van der Waals surface area contributed by atoms with Gasteiger partial charge < -0.3 is 15.2 Å². The number of carbonyl (C=O) groups is 2. The lowest BCUT2D eigenvalue weighted by Crippen LogP contribution is -2.40. The summed E-state index contributed by atoms with van der Waals surface area (Å²) in [5, 5.41) is 11.7.